The maximum atomic E-state index is 5.07. The first-order valence-corrected chi connectivity index (χ1v) is 2.58. The molecule has 0 spiro atoms. The summed E-state index contributed by atoms with van der Waals surface area (Å²) in [4.78, 5) is 0. The van der Waals surface area contributed by atoms with Crippen molar-refractivity contribution in [3.63, 3.8) is 0 Å². The minimum absolute atomic E-state index is 0. The first kappa shape index (κ1) is 7.75. The molecule has 1 saturated heterocycles. The van der Waals surface area contributed by atoms with Gasteiger partial charge in [-0.2, -0.15) is 0 Å². The van der Waals surface area contributed by atoms with Gasteiger partial charge < -0.3 is 4.74 Å². The van der Waals surface area contributed by atoms with Crippen molar-refractivity contribution in [1.82, 2.24) is 0 Å². The molecule has 0 radical (unpaired) electrons. The average molecular weight is 216 g/mol. The van der Waals surface area contributed by atoms with E-state index < -0.39 is 0 Å². The summed E-state index contributed by atoms with van der Waals surface area (Å²) in [7, 11) is 0. The van der Waals surface area contributed by atoms with Gasteiger partial charge in [0.2, 0.25) is 0 Å². The molecule has 1 aliphatic heterocycles. The van der Waals surface area contributed by atoms with Crippen LogP contribution in [-0.2, 0) is 4.74 Å². The molecule has 0 atom stereocenters. The third-order valence-corrected chi connectivity index (χ3v) is 1.08. The second-order valence-corrected chi connectivity index (χ2v) is 1.67. The molecule has 2 heteroatoms. The van der Waals surface area contributed by atoms with Crippen molar-refractivity contribution in [3.05, 3.63) is 0 Å². The van der Waals surface area contributed by atoms with Gasteiger partial charge in [-0.1, -0.05) is 0 Å². The number of ether oxygens (including phenoxy) is 1. The predicted molar refractivity (Wildman–Crippen MR) is 33.2 cm³/mol. The molecule has 1 nitrogen and oxygen atoms in total. The van der Waals surface area contributed by atoms with Crippen molar-refractivity contribution in [2.45, 2.75) is 19.3 Å². The van der Waals surface area contributed by atoms with Gasteiger partial charge >= 0.3 is 23.7 Å². The first-order chi connectivity index (χ1) is 3.00. The van der Waals surface area contributed by atoms with Crippen LogP contribution in [0.3, 0.4) is 0 Å². The van der Waals surface area contributed by atoms with Crippen molar-refractivity contribution in [2.75, 3.05) is 13.2 Å². The molecule has 0 unspecified atom stereocenters. The van der Waals surface area contributed by atoms with Crippen molar-refractivity contribution in [2.24, 2.45) is 0 Å². The van der Waals surface area contributed by atoms with Crippen LogP contribution in [0.1, 0.15) is 19.3 Å². The summed E-state index contributed by atoms with van der Waals surface area (Å²) in [6, 6.07) is 0. The van der Waals surface area contributed by atoms with Crippen molar-refractivity contribution >= 4 is 23.7 Å². The number of hydrogen-bond acceptors (Lipinski definition) is 1. The van der Waals surface area contributed by atoms with Crippen LogP contribution in [0.25, 0.3) is 0 Å². The van der Waals surface area contributed by atoms with Crippen LogP contribution in [-0.4, -0.2) is 36.9 Å². The molecule has 0 N–H and O–H groups in total. The van der Waals surface area contributed by atoms with Crippen LogP contribution in [0, 0.1) is 0 Å². The minimum atomic E-state index is 0. The Kier molecular flexibility index (Phi) is 5.42. The van der Waals surface area contributed by atoms with E-state index in [1.807, 2.05) is 0 Å². The van der Waals surface area contributed by atoms with E-state index >= 15 is 0 Å². The van der Waals surface area contributed by atoms with E-state index in [9.17, 15) is 0 Å². The van der Waals surface area contributed by atoms with Gasteiger partial charge in [-0.15, -0.1) is 0 Å². The summed E-state index contributed by atoms with van der Waals surface area (Å²) in [6.07, 6.45) is 3.93. The van der Waals surface area contributed by atoms with Gasteiger partial charge in [-0.05, 0) is 19.3 Å². The Morgan fingerprint density at radius 1 is 0.857 bits per heavy atom. The zero-order chi connectivity index (χ0) is 4.24. The fourth-order valence-electron chi connectivity index (χ4n) is 0.687. The molecule has 1 heterocycles. The normalized spacial score (nSPS) is 20.6. The Hall–Kier alpha value is 0.750. The summed E-state index contributed by atoms with van der Waals surface area (Å²) in [6.45, 7) is 2.00. The van der Waals surface area contributed by atoms with Crippen LogP contribution in [0.15, 0.2) is 0 Å². The molecule has 44 valence electrons. The molecule has 1 rings (SSSR count). The fourth-order valence-corrected chi connectivity index (χ4v) is 0.687. The van der Waals surface area contributed by atoms with Crippen LogP contribution in [0.4, 0.5) is 0 Å². The van der Waals surface area contributed by atoms with Gasteiger partial charge in [0.05, 0.1) is 0 Å². The SMILES string of the molecule is C1CCOCC1.[TeH2]. The predicted octanol–water partition coefficient (Wildman–Crippen LogP) is 0.271. The Labute approximate surface area is 61.2 Å². The van der Waals surface area contributed by atoms with Crippen LogP contribution in [0.2, 0.25) is 0 Å². The molecular formula is C5H12OTe. The zero-order valence-electron chi connectivity index (χ0n) is 4.44. The van der Waals surface area contributed by atoms with E-state index in [2.05, 4.69) is 0 Å². The molecule has 0 aromatic heterocycles. The summed E-state index contributed by atoms with van der Waals surface area (Å²) in [5.74, 6) is 0. The molecule has 7 heavy (non-hydrogen) atoms. The Morgan fingerprint density at radius 2 is 1.43 bits per heavy atom. The molecule has 0 saturated carbocycles. The molecule has 0 aromatic rings. The zero-order valence-corrected chi connectivity index (χ0v) is 7.30. The van der Waals surface area contributed by atoms with Gasteiger partial charge in [-0.25, -0.2) is 0 Å². The van der Waals surface area contributed by atoms with Gasteiger partial charge in [0.15, 0.2) is 0 Å². The fraction of sp³-hybridized carbons (Fsp3) is 1.00. The van der Waals surface area contributed by atoms with Crippen LogP contribution >= 0.6 is 0 Å². The number of rotatable bonds is 0. The molecular weight excluding hydrogens is 204 g/mol. The quantitative estimate of drug-likeness (QED) is 0.528. The summed E-state index contributed by atoms with van der Waals surface area (Å²) in [5.41, 5.74) is 0. The van der Waals surface area contributed by atoms with Crippen LogP contribution in [0.5, 0.6) is 0 Å². The van der Waals surface area contributed by atoms with Crippen LogP contribution < -0.4 is 0 Å². The van der Waals surface area contributed by atoms with Crippen molar-refractivity contribution in [3.8, 4) is 0 Å². The standard InChI is InChI=1S/C5H10O.H2Te/c1-2-4-6-5-3-1;/h1-5H2;1H2. The molecule has 1 fully saturated rings. The number of hydrogen-bond donors (Lipinski definition) is 0. The maximum absolute atomic E-state index is 5.07. The van der Waals surface area contributed by atoms with E-state index in [1.165, 1.54) is 19.3 Å². The van der Waals surface area contributed by atoms with Gasteiger partial charge in [0.1, 0.15) is 0 Å². The van der Waals surface area contributed by atoms with Gasteiger partial charge in [0.25, 0.3) is 0 Å². The molecule has 0 amide bonds. The van der Waals surface area contributed by atoms with Crippen molar-refractivity contribution in [1.29, 1.82) is 0 Å². The van der Waals surface area contributed by atoms with E-state index in [4.69, 9.17) is 4.74 Å². The van der Waals surface area contributed by atoms with Crippen molar-refractivity contribution < 1.29 is 4.74 Å². The van der Waals surface area contributed by atoms with Gasteiger partial charge in [0, 0.05) is 13.2 Å². The Bertz CT molecular complexity index is 23.6. The summed E-state index contributed by atoms with van der Waals surface area (Å²) >= 11 is 0. The van der Waals surface area contributed by atoms with E-state index in [1.54, 1.807) is 0 Å². The molecule has 0 aliphatic carbocycles. The third kappa shape index (κ3) is 3.34. The monoisotopic (exact) mass is 218 g/mol. The Morgan fingerprint density at radius 3 is 1.57 bits per heavy atom. The molecule has 0 bridgehead atoms. The topological polar surface area (TPSA) is 9.23 Å². The van der Waals surface area contributed by atoms with E-state index in [0.717, 1.165) is 13.2 Å². The second kappa shape index (κ2) is 4.90. The second-order valence-electron chi connectivity index (χ2n) is 1.67. The summed E-state index contributed by atoms with van der Waals surface area (Å²) in [5, 5.41) is 0. The average Bonchev–Trinajstić information content (AvgIpc) is 1.72. The molecule has 0 aromatic carbocycles. The first-order valence-electron chi connectivity index (χ1n) is 2.58. The summed E-state index contributed by atoms with van der Waals surface area (Å²) < 4.78 is 5.07. The third-order valence-electron chi connectivity index (χ3n) is 1.08. The molecule has 1 aliphatic rings. The van der Waals surface area contributed by atoms with E-state index in [-0.39, 0.29) is 23.7 Å². The van der Waals surface area contributed by atoms with E-state index in [0.29, 0.717) is 0 Å². The van der Waals surface area contributed by atoms with Gasteiger partial charge in [-0.3, -0.25) is 0 Å². The Balaban J connectivity index is 0.000000360.